The van der Waals surface area contributed by atoms with Crippen molar-refractivity contribution in [3.63, 3.8) is 0 Å². The van der Waals surface area contributed by atoms with Crippen LogP contribution in [-0.4, -0.2) is 19.9 Å². The third kappa shape index (κ3) is 2.97. The number of rotatable bonds is 3. The van der Waals surface area contributed by atoms with Crippen molar-refractivity contribution in [2.45, 2.75) is 0 Å². The summed E-state index contributed by atoms with van der Waals surface area (Å²) in [6.07, 6.45) is 1.64. The maximum atomic E-state index is 13.3. The number of hydrogen-bond acceptors (Lipinski definition) is 3. The van der Waals surface area contributed by atoms with Crippen LogP contribution in [0.1, 0.15) is 5.56 Å². The number of hydrogen-bond donors (Lipinski definition) is 0. The fourth-order valence-electron chi connectivity index (χ4n) is 2.11. The summed E-state index contributed by atoms with van der Waals surface area (Å²) in [5.74, 6) is 0.989. The van der Waals surface area contributed by atoms with Gasteiger partial charge in [0.15, 0.2) is 0 Å². The molecule has 0 fully saturated rings. The van der Waals surface area contributed by atoms with Gasteiger partial charge in [0.25, 0.3) is 0 Å². The van der Waals surface area contributed by atoms with Crippen molar-refractivity contribution in [1.82, 2.24) is 0 Å². The maximum Gasteiger partial charge on any atom is 0.128 e. The number of halogens is 2. The van der Waals surface area contributed by atoms with Crippen LogP contribution in [0.25, 0.3) is 5.03 Å². The van der Waals surface area contributed by atoms with Crippen molar-refractivity contribution in [3.05, 3.63) is 59.4 Å². The Morgan fingerprint density at radius 2 is 2.00 bits per heavy atom. The summed E-state index contributed by atoms with van der Waals surface area (Å²) in [4.78, 5) is 4.35. The molecule has 0 amide bonds. The average Bonchev–Trinajstić information content (AvgIpc) is 2.55. The highest BCUT2D eigenvalue weighted by Crippen LogP contribution is 2.35. The monoisotopic (exact) mass is 317 g/mol. The third-order valence-corrected chi connectivity index (χ3v) is 3.73. The number of benzene rings is 2. The van der Waals surface area contributed by atoms with Gasteiger partial charge in [0.2, 0.25) is 0 Å². The lowest BCUT2D eigenvalue weighted by Crippen LogP contribution is -2.10. The minimum Gasteiger partial charge on any atom is -0.497 e. The van der Waals surface area contributed by atoms with Crippen LogP contribution >= 0.6 is 11.6 Å². The highest BCUT2D eigenvalue weighted by molar-refractivity contribution is 6.51. The average molecular weight is 318 g/mol. The largest absolute Gasteiger partial charge is 0.497 e. The molecule has 3 nitrogen and oxygen atoms in total. The molecular formula is C17H13ClFNO2. The summed E-state index contributed by atoms with van der Waals surface area (Å²) < 4.78 is 24.0. The first kappa shape index (κ1) is 14.6. The van der Waals surface area contributed by atoms with E-state index in [1.807, 2.05) is 24.3 Å². The van der Waals surface area contributed by atoms with E-state index in [4.69, 9.17) is 21.1 Å². The van der Waals surface area contributed by atoms with Gasteiger partial charge < -0.3 is 9.47 Å². The van der Waals surface area contributed by atoms with Crippen LogP contribution in [0, 0.1) is 5.82 Å². The smallest absolute Gasteiger partial charge is 0.128 e. The topological polar surface area (TPSA) is 30.8 Å². The summed E-state index contributed by atoms with van der Waals surface area (Å²) in [6, 6.07) is 11.6. The Morgan fingerprint density at radius 1 is 1.23 bits per heavy atom. The van der Waals surface area contributed by atoms with Crippen molar-refractivity contribution < 1.29 is 13.9 Å². The van der Waals surface area contributed by atoms with E-state index >= 15 is 0 Å². The predicted molar refractivity (Wildman–Crippen MR) is 85.8 cm³/mol. The molecule has 0 aliphatic carbocycles. The molecule has 0 saturated heterocycles. The van der Waals surface area contributed by atoms with Gasteiger partial charge >= 0.3 is 0 Å². The van der Waals surface area contributed by atoms with E-state index in [9.17, 15) is 4.39 Å². The lowest BCUT2D eigenvalue weighted by atomic mass is 10.1. The Hall–Kier alpha value is -2.33. The molecule has 1 heterocycles. The van der Waals surface area contributed by atoms with Crippen molar-refractivity contribution in [2.75, 3.05) is 13.7 Å². The highest BCUT2D eigenvalue weighted by atomic mass is 35.5. The Kier molecular flexibility index (Phi) is 4.11. The van der Waals surface area contributed by atoms with Gasteiger partial charge in [0, 0.05) is 17.4 Å². The molecule has 1 aliphatic rings. The normalized spacial score (nSPS) is 14.0. The Labute approximate surface area is 132 Å². The lowest BCUT2D eigenvalue weighted by Gasteiger charge is -2.18. The van der Waals surface area contributed by atoms with Gasteiger partial charge in [0.1, 0.15) is 23.9 Å². The fraction of sp³-hybridized carbons (Fsp3) is 0.118. The second-order valence-electron chi connectivity index (χ2n) is 4.72. The number of fused-ring (bicyclic) bond motifs is 1. The zero-order valence-electron chi connectivity index (χ0n) is 11.8. The molecule has 1 aliphatic heterocycles. The number of methoxy groups -OCH3 is 1. The first-order valence-electron chi connectivity index (χ1n) is 6.67. The van der Waals surface area contributed by atoms with Gasteiger partial charge in [-0.05, 0) is 42.5 Å². The molecule has 3 rings (SSSR count). The van der Waals surface area contributed by atoms with Crippen LogP contribution in [-0.2, 0) is 0 Å². The van der Waals surface area contributed by atoms with E-state index < -0.39 is 0 Å². The van der Waals surface area contributed by atoms with Crippen LogP contribution < -0.4 is 9.47 Å². The van der Waals surface area contributed by atoms with Crippen LogP contribution in [0.15, 0.2) is 53.0 Å². The standard InChI is InChI=1S/C17H13ClFNO2/c1-21-14-5-3-13(4-6-14)20-9-11-10-22-16-7-2-12(19)8-15(16)17(11)18/h2-9H,10H2,1H3. The first-order chi connectivity index (χ1) is 10.7. The van der Waals surface area contributed by atoms with Crippen LogP contribution in [0.4, 0.5) is 10.1 Å². The van der Waals surface area contributed by atoms with E-state index in [-0.39, 0.29) is 5.82 Å². The molecule has 0 N–H and O–H groups in total. The van der Waals surface area contributed by atoms with Crippen molar-refractivity contribution >= 4 is 28.5 Å². The summed E-state index contributed by atoms with van der Waals surface area (Å²) in [7, 11) is 1.61. The van der Waals surface area contributed by atoms with E-state index in [1.165, 1.54) is 12.1 Å². The molecule has 5 heteroatoms. The molecule has 0 saturated carbocycles. The van der Waals surface area contributed by atoms with Gasteiger partial charge in [-0.3, -0.25) is 4.99 Å². The van der Waals surface area contributed by atoms with E-state index in [1.54, 1.807) is 19.4 Å². The zero-order valence-corrected chi connectivity index (χ0v) is 12.6. The Morgan fingerprint density at radius 3 is 2.73 bits per heavy atom. The van der Waals surface area contributed by atoms with Crippen molar-refractivity contribution in [2.24, 2.45) is 4.99 Å². The third-order valence-electron chi connectivity index (χ3n) is 3.29. The highest BCUT2D eigenvalue weighted by Gasteiger charge is 2.18. The fourth-order valence-corrected chi connectivity index (χ4v) is 2.36. The summed E-state index contributed by atoms with van der Waals surface area (Å²) >= 11 is 6.32. The van der Waals surface area contributed by atoms with Gasteiger partial charge in [-0.2, -0.15) is 0 Å². The SMILES string of the molecule is COc1ccc(N=CC2=C(Cl)c3cc(F)ccc3OC2)cc1. The number of aliphatic imine (C=N–C) groups is 1. The van der Waals surface area contributed by atoms with Gasteiger partial charge in [-0.1, -0.05) is 11.6 Å². The summed E-state index contributed by atoms with van der Waals surface area (Å²) in [5, 5.41) is 0.456. The quantitative estimate of drug-likeness (QED) is 0.776. The molecule has 0 bridgehead atoms. The van der Waals surface area contributed by atoms with E-state index in [0.29, 0.717) is 28.5 Å². The molecule has 0 unspecified atom stereocenters. The molecule has 0 radical (unpaired) electrons. The molecular weight excluding hydrogens is 305 g/mol. The lowest BCUT2D eigenvalue weighted by molar-refractivity contribution is 0.352. The predicted octanol–water partition coefficient (Wildman–Crippen LogP) is 4.58. The van der Waals surface area contributed by atoms with Crippen molar-refractivity contribution in [3.8, 4) is 11.5 Å². The number of ether oxygens (including phenoxy) is 2. The van der Waals surface area contributed by atoms with Crippen LogP contribution in [0.2, 0.25) is 0 Å². The second-order valence-corrected chi connectivity index (χ2v) is 5.10. The minimum absolute atomic E-state index is 0.303. The Balaban J connectivity index is 1.88. The summed E-state index contributed by atoms with van der Waals surface area (Å²) in [5.41, 5.74) is 2.02. The molecule has 0 spiro atoms. The molecule has 2 aromatic rings. The number of nitrogens with zero attached hydrogens (tertiary/aromatic N) is 1. The van der Waals surface area contributed by atoms with E-state index in [0.717, 1.165) is 11.4 Å². The Bertz CT molecular complexity index is 754. The van der Waals surface area contributed by atoms with Gasteiger partial charge in [0.05, 0.1) is 17.8 Å². The summed E-state index contributed by atoms with van der Waals surface area (Å²) in [6.45, 7) is 0.303. The molecule has 112 valence electrons. The van der Waals surface area contributed by atoms with Crippen LogP contribution in [0.3, 0.4) is 0 Å². The zero-order chi connectivity index (χ0) is 15.5. The molecule has 0 aromatic heterocycles. The van der Waals surface area contributed by atoms with Gasteiger partial charge in [-0.15, -0.1) is 0 Å². The maximum absolute atomic E-state index is 13.3. The van der Waals surface area contributed by atoms with Crippen LogP contribution in [0.5, 0.6) is 11.5 Å². The molecule has 2 aromatic carbocycles. The minimum atomic E-state index is -0.353. The van der Waals surface area contributed by atoms with Crippen molar-refractivity contribution in [1.29, 1.82) is 0 Å². The van der Waals surface area contributed by atoms with E-state index in [2.05, 4.69) is 4.99 Å². The first-order valence-corrected chi connectivity index (χ1v) is 7.04. The second kappa shape index (κ2) is 6.20. The molecule has 0 atom stereocenters. The van der Waals surface area contributed by atoms with Gasteiger partial charge in [-0.25, -0.2) is 4.39 Å². The molecule has 22 heavy (non-hydrogen) atoms.